The van der Waals surface area contributed by atoms with Gasteiger partial charge in [0, 0.05) is 77.1 Å². The molecule has 3 rings (SSSR count). The summed E-state index contributed by atoms with van der Waals surface area (Å²) < 4.78 is 0. The van der Waals surface area contributed by atoms with Crippen LogP contribution in [0.15, 0.2) is 24.4 Å². The van der Waals surface area contributed by atoms with Crippen LogP contribution in [-0.2, 0) is 11.2 Å². The van der Waals surface area contributed by atoms with E-state index in [-0.39, 0.29) is 5.91 Å². The molecular formula is C18H28N4O. The largest absolute Gasteiger partial charge is 0.340 e. The molecule has 0 unspecified atom stereocenters. The van der Waals surface area contributed by atoms with Crippen LogP contribution in [0.5, 0.6) is 0 Å². The number of rotatable bonds is 4. The van der Waals surface area contributed by atoms with Crippen molar-refractivity contribution in [3.63, 3.8) is 0 Å². The van der Waals surface area contributed by atoms with E-state index in [9.17, 15) is 4.79 Å². The summed E-state index contributed by atoms with van der Waals surface area (Å²) in [6, 6.07) is 6.77. The van der Waals surface area contributed by atoms with Crippen LogP contribution in [0.25, 0.3) is 0 Å². The maximum atomic E-state index is 11.5. The highest BCUT2D eigenvalue weighted by atomic mass is 16.2. The number of piperazine rings is 1. The van der Waals surface area contributed by atoms with E-state index < -0.39 is 0 Å². The first-order valence-corrected chi connectivity index (χ1v) is 8.75. The van der Waals surface area contributed by atoms with Crippen LogP contribution in [0.4, 0.5) is 0 Å². The second-order valence-electron chi connectivity index (χ2n) is 6.92. The molecule has 2 atom stereocenters. The second-order valence-corrected chi connectivity index (χ2v) is 6.92. The smallest absolute Gasteiger partial charge is 0.219 e. The van der Waals surface area contributed by atoms with Crippen LogP contribution < -0.4 is 0 Å². The van der Waals surface area contributed by atoms with Crippen LogP contribution in [-0.4, -0.2) is 77.4 Å². The fourth-order valence-corrected chi connectivity index (χ4v) is 3.89. The van der Waals surface area contributed by atoms with Gasteiger partial charge >= 0.3 is 0 Å². The fraction of sp³-hybridized carbons (Fsp3) is 0.667. The molecule has 0 N–H and O–H groups in total. The minimum absolute atomic E-state index is 0.209. The van der Waals surface area contributed by atoms with Crippen LogP contribution in [0, 0.1) is 5.92 Å². The molecule has 0 radical (unpaired) electrons. The summed E-state index contributed by atoms with van der Waals surface area (Å²) in [7, 11) is 0. The molecule has 0 bridgehead atoms. The van der Waals surface area contributed by atoms with Gasteiger partial charge in [-0.3, -0.25) is 14.7 Å². The summed E-state index contributed by atoms with van der Waals surface area (Å²) in [5.74, 6) is 0.906. The molecule has 0 aliphatic carbocycles. The van der Waals surface area contributed by atoms with Crippen LogP contribution in [0.3, 0.4) is 0 Å². The van der Waals surface area contributed by atoms with Crippen molar-refractivity contribution in [2.45, 2.75) is 26.3 Å². The monoisotopic (exact) mass is 316 g/mol. The lowest BCUT2D eigenvalue weighted by atomic mass is 10.0. The van der Waals surface area contributed by atoms with Gasteiger partial charge in [0.25, 0.3) is 0 Å². The maximum absolute atomic E-state index is 11.5. The first kappa shape index (κ1) is 16.4. The Labute approximate surface area is 139 Å². The van der Waals surface area contributed by atoms with Crippen molar-refractivity contribution in [3.05, 3.63) is 30.1 Å². The lowest BCUT2D eigenvalue weighted by molar-refractivity contribution is -0.130. The molecule has 3 heterocycles. The summed E-state index contributed by atoms with van der Waals surface area (Å²) in [6.07, 6.45) is 2.90. The van der Waals surface area contributed by atoms with Crippen LogP contribution in [0.2, 0.25) is 0 Å². The van der Waals surface area contributed by atoms with Crippen molar-refractivity contribution in [2.75, 3.05) is 45.8 Å². The quantitative estimate of drug-likeness (QED) is 0.834. The molecule has 0 spiro atoms. The maximum Gasteiger partial charge on any atom is 0.219 e. The van der Waals surface area contributed by atoms with Crippen molar-refractivity contribution in [1.29, 1.82) is 0 Å². The van der Waals surface area contributed by atoms with Crippen LogP contribution >= 0.6 is 0 Å². The van der Waals surface area contributed by atoms with Gasteiger partial charge in [0.2, 0.25) is 5.91 Å². The molecule has 23 heavy (non-hydrogen) atoms. The van der Waals surface area contributed by atoms with Gasteiger partial charge in [-0.2, -0.15) is 0 Å². The van der Waals surface area contributed by atoms with E-state index in [0.717, 1.165) is 45.7 Å². The molecule has 5 heteroatoms. The second kappa shape index (κ2) is 7.41. The molecule has 2 aliphatic rings. The molecule has 1 aromatic heterocycles. The molecule has 0 aromatic carbocycles. The highest BCUT2D eigenvalue weighted by Gasteiger charge is 2.35. The third-order valence-corrected chi connectivity index (χ3v) is 5.29. The average molecular weight is 316 g/mol. The normalized spacial score (nSPS) is 26.6. The Kier molecular flexibility index (Phi) is 5.28. The van der Waals surface area contributed by atoms with Gasteiger partial charge in [0.15, 0.2) is 0 Å². The van der Waals surface area contributed by atoms with Gasteiger partial charge in [-0.15, -0.1) is 0 Å². The Bertz CT molecular complexity index is 513. The molecule has 0 saturated carbocycles. The lowest BCUT2D eigenvalue weighted by Gasteiger charge is -2.39. The Morgan fingerprint density at radius 2 is 2.00 bits per heavy atom. The number of amides is 1. The molecule has 2 saturated heterocycles. The van der Waals surface area contributed by atoms with Crippen LogP contribution in [0.1, 0.15) is 19.5 Å². The summed E-state index contributed by atoms with van der Waals surface area (Å²) >= 11 is 0. The summed E-state index contributed by atoms with van der Waals surface area (Å²) in [4.78, 5) is 23.0. The Morgan fingerprint density at radius 3 is 2.65 bits per heavy atom. The van der Waals surface area contributed by atoms with Gasteiger partial charge in [-0.05, 0) is 18.1 Å². The zero-order valence-corrected chi connectivity index (χ0v) is 14.3. The molecule has 126 valence electrons. The average Bonchev–Trinajstić information content (AvgIpc) is 2.95. The molecule has 1 aromatic rings. The van der Waals surface area contributed by atoms with E-state index in [0.29, 0.717) is 12.0 Å². The standard InChI is InChI=1S/C18H28N4O/c1-15-13-20(8-6-17-5-3-4-7-19-17)14-18(15)22-11-9-21(10-12-22)16(2)23/h3-5,7,15,18H,6,8-14H2,1-2H3/t15-,18-/m1/s1. The van der Waals surface area contributed by atoms with E-state index in [1.54, 1.807) is 6.92 Å². The van der Waals surface area contributed by atoms with Crippen molar-refractivity contribution in [3.8, 4) is 0 Å². The zero-order valence-electron chi connectivity index (χ0n) is 14.3. The Balaban J connectivity index is 1.48. The summed E-state index contributed by atoms with van der Waals surface area (Å²) in [5, 5.41) is 0. The molecule has 2 fully saturated rings. The highest BCUT2D eigenvalue weighted by molar-refractivity contribution is 5.73. The van der Waals surface area contributed by atoms with E-state index in [1.165, 1.54) is 12.2 Å². The first-order chi connectivity index (χ1) is 11.1. The number of hydrogen-bond donors (Lipinski definition) is 0. The number of carbonyl (C=O) groups is 1. The van der Waals surface area contributed by atoms with Gasteiger partial charge in [0.05, 0.1) is 0 Å². The number of carbonyl (C=O) groups excluding carboxylic acids is 1. The van der Waals surface area contributed by atoms with E-state index in [2.05, 4.69) is 33.8 Å². The SMILES string of the molecule is CC(=O)N1CCN([C@@H]2CN(CCc3ccccn3)C[C@H]2C)CC1. The zero-order chi connectivity index (χ0) is 16.2. The topological polar surface area (TPSA) is 39.7 Å². The number of hydrogen-bond acceptors (Lipinski definition) is 4. The van der Waals surface area contributed by atoms with Crippen molar-refractivity contribution < 1.29 is 4.79 Å². The number of nitrogens with zero attached hydrogens (tertiary/aromatic N) is 4. The number of likely N-dealkylation sites (tertiary alicyclic amines) is 1. The number of aromatic nitrogens is 1. The van der Waals surface area contributed by atoms with Crippen molar-refractivity contribution in [1.82, 2.24) is 19.7 Å². The molecule has 1 amide bonds. The van der Waals surface area contributed by atoms with Crippen molar-refractivity contribution in [2.24, 2.45) is 5.92 Å². The van der Waals surface area contributed by atoms with E-state index in [4.69, 9.17) is 0 Å². The van der Waals surface area contributed by atoms with Gasteiger partial charge in [0.1, 0.15) is 0 Å². The third kappa shape index (κ3) is 4.09. The number of pyridine rings is 1. The predicted octanol–water partition coefficient (Wildman–Crippen LogP) is 1.11. The predicted molar refractivity (Wildman–Crippen MR) is 91.2 cm³/mol. The Hall–Kier alpha value is -1.46. The first-order valence-electron chi connectivity index (χ1n) is 8.75. The molecule has 5 nitrogen and oxygen atoms in total. The molecular weight excluding hydrogens is 288 g/mol. The third-order valence-electron chi connectivity index (χ3n) is 5.29. The lowest BCUT2D eigenvalue weighted by Crippen LogP contribution is -2.53. The fourth-order valence-electron chi connectivity index (χ4n) is 3.89. The Morgan fingerprint density at radius 1 is 1.22 bits per heavy atom. The van der Waals surface area contributed by atoms with Gasteiger partial charge < -0.3 is 9.80 Å². The summed E-state index contributed by atoms with van der Waals surface area (Å²) in [6.45, 7) is 11.2. The minimum Gasteiger partial charge on any atom is -0.340 e. The van der Waals surface area contributed by atoms with E-state index in [1.807, 2.05) is 17.2 Å². The minimum atomic E-state index is 0.209. The van der Waals surface area contributed by atoms with Gasteiger partial charge in [-0.1, -0.05) is 13.0 Å². The van der Waals surface area contributed by atoms with Crippen molar-refractivity contribution >= 4 is 5.91 Å². The summed E-state index contributed by atoms with van der Waals surface area (Å²) in [5.41, 5.74) is 1.18. The van der Waals surface area contributed by atoms with E-state index >= 15 is 0 Å². The highest BCUT2D eigenvalue weighted by Crippen LogP contribution is 2.23. The molecule has 2 aliphatic heterocycles. The van der Waals surface area contributed by atoms with Gasteiger partial charge in [-0.25, -0.2) is 0 Å².